The van der Waals surface area contributed by atoms with Crippen LogP contribution in [0.2, 0.25) is 5.28 Å². The predicted molar refractivity (Wildman–Crippen MR) is 75.0 cm³/mol. The van der Waals surface area contributed by atoms with E-state index in [1.54, 1.807) is 0 Å². The Bertz CT molecular complexity index is 409. The first kappa shape index (κ1) is 14.3. The molecule has 2 rings (SSSR count). The first-order valence-electron chi connectivity index (χ1n) is 6.59. The molecule has 0 spiro atoms. The highest BCUT2D eigenvalue weighted by molar-refractivity contribution is 6.28. The quantitative estimate of drug-likeness (QED) is 0.738. The molecule has 1 aliphatic heterocycles. The fourth-order valence-electron chi connectivity index (χ4n) is 1.99. The van der Waals surface area contributed by atoms with Gasteiger partial charge in [0.15, 0.2) is 0 Å². The molecule has 19 heavy (non-hydrogen) atoms. The molecule has 1 aromatic heterocycles. The van der Waals surface area contributed by atoms with Gasteiger partial charge in [0.1, 0.15) is 0 Å². The molecule has 0 radical (unpaired) electrons. The van der Waals surface area contributed by atoms with E-state index in [9.17, 15) is 0 Å². The van der Waals surface area contributed by atoms with Crippen molar-refractivity contribution in [2.45, 2.75) is 19.3 Å². The van der Waals surface area contributed by atoms with Crippen molar-refractivity contribution in [3.63, 3.8) is 0 Å². The van der Waals surface area contributed by atoms with Gasteiger partial charge in [-0.3, -0.25) is 0 Å². The molecule has 0 aliphatic carbocycles. The van der Waals surface area contributed by atoms with E-state index in [1.807, 2.05) is 14.1 Å². The highest BCUT2D eigenvalue weighted by atomic mass is 35.5. The van der Waals surface area contributed by atoms with Gasteiger partial charge in [-0.2, -0.15) is 15.0 Å². The summed E-state index contributed by atoms with van der Waals surface area (Å²) in [6, 6.07) is 0.320. The van der Waals surface area contributed by atoms with Gasteiger partial charge in [0.05, 0.1) is 6.61 Å². The van der Waals surface area contributed by atoms with Crippen LogP contribution in [0.5, 0.6) is 6.01 Å². The third-order valence-corrected chi connectivity index (χ3v) is 3.11. The first-order valence-corrected chi connectivity index (χ1v) is 6.97. The van der Waals surface area contributed by atoms with E-state index in [1.165, 1.54) is 12.8 Å². The van der Waals surface area contributed by atoms with Crippen molar-refractivity contribution in [3.05, 3.63) is 5.28 Å². The van der Waals surface area contributed by atoms with Crippen molar-refractivity contribution >= 4 is 17.5 Å². The summed E-state index contributed by atoms with van der Waals surface area (Å²) >= 11 is 5.91. The Morgan fingerprint density at radius 3 is 2.63 bits per heavy atom. The highest BCUT2D eigenvalue weighted by Crippen LogP contribution is 2.19. The second-order valence-electron chi connectivity index (χ2n) is 4.89. The van der Waals surface area contributed by atoms with Crippen LogP contribution in [0.15, 0.2) is 0 Å². The van der Waals surface area contributed by atoms with Crippen LogP contribution in [0.3, 0.4) is 0 Å². The molecule has 1 saturated heterocycles. The number of nitrogens with zero attached hydrogens (tertiary/aromatic N) is 5. The van der Waals surface area contributed by atoms with E-state index in [0.29, 0.717) is 18.6 Å². The Hall–Kier alpha value is -1.14. The van der Waals surface area contributed by atoms with Crippen molar-refractivity contribution < 1.29 is 4.74 Å². The Labute approximate surface area is 118 Å². The normalized spacial score (nSPS) is 15.3. The summed E-state index contributed by atoms with van der Waals surface area (Å²) < 4.78 is 5.54. The summed E-state index contributed by atoms with van der Waals surface area (Å²) in [4.78, 5) is 16.7. The maximum Gasteiger partial charge on any atom is 0.322 e. The van der Waals surface area contributed by atoms with Crippen LogP contribution in [0.1, 0.15) is 19.3 Å². The zero-order valence-electron chi connectivity index (χ0n) is 11.5. The molecular formula is C12H20ClN5O. The number of anilines is 1. The lowest BCUT2D eigenvalue weighted by molar-refractivity contribution is 0.263. The topological polar surface area (TPSA) is 54.4 Å². The van der Waals surface area contributed by atoms with E-state index in [0.717, 1.165) is 26.1 Å². The third-order valence-electron chi connectivity index (χ3n) is 2.95. The van der Waals surface area contributed by atoms with Crippen molar-refractivity contribution in [2.75, 3.05) is 45.2 Å². The van der Waals surface area contributed by atoms with Gasteiger partial charge in [-0.1, -0.05) is 0 Å². The molecule has 7 heteroatoms. The summed E-state index contributed by atoms with van der Waals surface area (Å²) in [6.07, 6.45) is 3.26. The van der Waals surface area contributed by atoms with Crippen LogP contribution < -0.4 is 9.64 Å². The molecule has 1 fully saturated rings. The van der Waals surface area contributed by atoms with Crippen molar-refractivity contribution in [1.82, 2.24) is 19.9 Å². The highest BCUT2D eigenvalue weighted by Gasteiger charge is 2.17. The van der Waals surface area contributed by atoms with Gasteiger partial charge in [-0.05, 0) is 45.0 Å². The van der Waals surface area contributed by atoms with Crippen molar-refractivity contribution in [3.8, 4) is 6.01 Å². The van der Waals surface area contributed by atoms with Crippen molar-refractivity contribution in [2.24, 2.45) is 0 Å². The van der Waals surface area contributed by atoms with E-state index in [2.05, 4.69) is 24.8 Å². The number of hydrogen-bond acceptors (Lipinski definition) is 6. The number of rotatable bonds is 6. The third kappa shape index (κ3) is 4.47. The second-order valence-corrected chi connectivity index (χ2v) is 5.22. The van der Waals surface area contributed by atoms with E-state index < -0.39 is 0 Å². The van der Waals surface area contributed by atoms with Crippen LogP contribution in [-0.2, 0) is 0 Å². The molecule has 0 atom stereocenters. The first-order chi connectivity index (χ1) is 9.15. The Morgan fingerprint density at radius 1 is 1.21 bits per heavy atom. The molecule has 1 aliphatic rings. The minimum absolute atomic E-state index is 0.194. The van der Waals surface area contributed by atoms with Crippen LogP contribution >= 0.6 is 11.6 Å². The van der Waals surface area contributed by atoms with Gasteiger partial charge in [0.25, 0.3) is 0 Å². The molecule has 0 N–H and O–H groups in total. The molecule has 0 aromatic carbocycles. The Kier molecular flexibility index (Phi) is 5.15. The maximum absolute atomic E-state index is 5.91. The molecule has 106 valence electrons. The number of aromatic nitrogens is 3. The van der Waals surface area contributed by atoms with Gasteiger partial charge in [-0.25, -0.2) is 0 Å². The molecule has 2 heterocycles. The van der Waals surface area contributed by atoms with Crippen LogP contribution in [0.25, 0.3) is 0 Å². The van der Waals surface area contributed by atoms with Gasteiger partial charge < -0.3 is 14.5 Å². The zero-order valence-corrected chi connectivity index (χ0v) is 12.2. The number of ether oxygens (including phenoxy) is 1. The lowest BCUT2D eigenvalue weighted by atomic mass is 10.4. The van der Waals surface area contributed by atoms with E-state index in [-0.39, 0.29) is 5.28 Å². The molecule has 0 saturated carbocycles. The van der Waals surface area contributed by atoms with Gasteiger partial charge in [0, 0.05) is 19.6 Å². The average Bonchev–Trinajstić information content (AvgIpc) is 2.87. The van der Waals surface area contributed by atoms with Gasteiger partial charge >= 0.3 is 6.01 Å². The molecule has 0 amide bonds. The maximum atomic E-state index is 5.91. The van der Waals surface area contributed by atoms with E-state index >= 15 is 0 Å². The minimum Gasteiger partial charge on any atom is -0.463 e. The Morgan fingerprint density at radius 2 is 1.95 bits per heavy atom. The lowest BCUT2D eigenvalue weighted by Crippen LogP contribution is -2.21. The monoisotopic (exact) mass is 285 g/mol. The molecule has 1 aromatic rings. The molecule has 6 nitrogen and oxygen atoms in total. The molecular weight excluding hydrogens is 266 g/mol. The molecule has 0 bridgehead atoms. The summed E-state index contributed by atoms with van der Waals surface area (Å²) in [7, 11) is 4.07. The van der Waals surface area contributed by atoms with Gasteiger partial charge in [0.2, 0.25) is 11.2 Å². The molecule has 0 unspecified atom stereocenters. The number of hydrogen-bond donors (Lipinski definition) is 0. The summed E-state index contributed by atoms with van der Waals surface area (Å²) in [5.41, 5.74) is 0. The summed E-state index contributed by atoms with van der Waals surface area (Å²) in [5, 5.41) is 0.194. The largest absolute Gasteiger partial charge is 0.463 e. The van der Waals surface area contributed by atoms with E-state index in [4.69, 9.17) is 16.3 Å². The zero-order chi connectivity index (χ0) is 13.7. The van der Waals surface area contributed by atoms with Gasteiger partial charge in [-0.15, -0.1) is 0 Å². The lowest BCUT2D eigenvalue weighted by Gasteiger charge is -2.15. The minimum atomic E-state index is 0.194. The van der Waals surface area contributed by atoms with Crippen LogP contribution in [-0.4, -0.2) is 60.2 Å². The van der Waals surface area contributed by atoms with Crippen LogP contribution in [0.4, 0.5) is 5.95 Å². The van der Waals surface area contributed by atoms with Crippen molar-refractivity contribution in [1.29, 1.82) is 0 Å². The number of halogens is 1. The predicted octanol–water partition coefficient (Wildman–Crippen LogP) is 1.46. The smallest absolute Gasteiger partial charge is 0.322 e. The second kappa shape index (κ2) is 6.86. The standard InChI is InChI=1S/C12H20ClN5O/c1-17(2)6-5-9-19-12-15-10(13)14-11(16-12)18-7-3-4-8-18/h3-9H2,1-2H3. The fourth-order valence-corrected chi connectivity index (χ4v) is 2.14. The summed E-state index contributed by atoms with van der Waals surface area (Å²) in [5.74, 6) is 0.625. The average molecular weight is 286 g/mol. The van der Waals surface area contributed by atoms with Crippen LogP contribution in [0, 0.1) is 0 Å². The Balaban J connectivity index is 1.92. The fraction of sp³-hybridized carbons (Fsp3) is 0.750. The SMILES string of the molecule is CN(C)CCCOc1nc(Cl)nc(N2CCCC2)n1. The summed E-state index contributed by atoms with van der Waals surface area (Å²) in [6.45, 7) is 3.50.